The van der Waals surface area contributed by atoms with Gasteiger partial charge in [-0.1, -0.05) is 6.07 Å². The van der Waals surface area contributed by atoms with Gasteiger partial charge in [-0.3, -0.25) is 4.55 Å². The van der Waals surface area contributed by atoms with Gasteiger partial charge < -0.3 is 14.0 Å². The fraction of sp³-hybridized carbons (Fsp3) is 0.615. The number of ether oxygens (including phenoxy) is 1. The molecular weight excluding hydrogens is 307 g/mol. The summed E-state index contributed by atoms with van der Waals surface area (Å²) in [6.07, 6.45) is 1.63. The van der Waals surface area contributed by atoms with E-state index in [1.165, 1.54) is 7.11 Å². The predicted octanol–water partition coefficient (Wildman–Crippen LogP) is 0.616. The van der Waals surface area contributed by atoms with Gasteiger partial charge >= 0.3 is 7.12 Å². The highest BCUT2D eigenvalue weighted by Crippen LogP contribution is 2.36. The Bertz CT molecular complexity index is 566. The largest absolute Gasteiger partial charge is 0.496 e. The highest BCUT2D eigenvalue weighted by molar-refractivity contribution is 7.77. The topological polar surface area (TPSA) is 89.9 Å². The molecule has 9 heteroatoms. The Morgan fingerprint density at radius 2 is 1.95 bits per heavy atom. The zero-order valence-corrected chi connectivity index (χ0v) is 14.2. The molecule has 0 aliphatic carbocycles. The van der Waals surface area contributed by atoms with Gasteiger partial charge in [-0.15, -0.1) is 0 Å². The molecule has 1 fully saturated rings. The van der Waals surface area contributed by atoms with Gasteiger partial charge in [0, 0.05) is 23.8 Å². The summed E-state index contributed by atoms with van der Waals surface area (Å²) in [5, 5.41) is 0. The Morgan fingerprint density at radius 1 is 1.36 bits per heavy atom. The number of pyridine rings is 1. The zero-order chi connectivity index (χ0) is 16.5. The molecule has 1 aliphatic heterocycles. The van der Waals surface area contributed by atoms with Gasteiger partial charge in [0.25, 0.3) is 0 Å². The SMILES string of the molecule is COc1ncc(B2OC(C)(C)C(C)(C)O2)cc1CNS(=O)O. The summed E-state index contributed by atoms with van der Waals surface area (Å²) in [4.78, 5) is 4.21. The van der Waals surface area contributed by atoms with Crippen LogP contribution in [0.15, 0.2) is 12.3 Å². The van der Waals surface area contributed by atoms with Crippen LogP contribution in [0.2, 0.25) is 0 Å². The standard InChI is InChI=1S/C13H21BN2O5S/c1-12(2)13(3,4)21-14(20-12)10-6-9(7-16-22(17)18)11(19-5)15-8-10/h6,8,16H,7H2,1-5H3,(H,17,18). The minimum absolute atomic E-state index is 0.145. The Hall–Kier alpha value is -0.995. The van der Waals surface area contributed by atoms with Crippen molar-refractivity contribution in [2.24, 2.45) is 0 Å². The third kappa shape index (κ3) is 3.49. The average molecular weight is 328 g/mol. The number of nitrogens with zero attached hydrogens (tertiary/aromatic N) is 1. The molecule has 0 bridgehead atoms. The van der Waals surface area contributed by atoms with Crippen molar-refractivity contribution in [2.45, 2.75) is 45.4 Å². The Morgan fingerprint density at radius 3 is 2.45 bits per heavy atom. The maximum absolute atomic E-state index is 10.8. The molecule has 2 rings (SSSR count). The maximum Gasteiger partial charge on any atom is 0.496 e. The highest BCUT2D eigenvalue weighted by Gasteiger charge is 2.51. The Kier molecular flexibility index (Phi) is 4.93. The molecule has 122 valence electrons. The van der Waals surface area contributed by atoms with E-state index >= 15 is 0 Å². The van der Waals surface area contributed by atoms with Crippen molar-refractivity contribution in [1.29, 1.82) is 0 Å². The maximum atomic E-state index is 10.8. The van der Waals surface area contributed by atoms with Crippen LogP contribution in [-0.4, -0.2) is 39.2 Å². The summed E-state index contributed by atoms with van der Waals surface area (Å²) in [7, 11) is 0.956. The molecule has 0 radical (unpaired) electrons. The van der Waals surface area contributed by atoms with Crippen LogP contribution in [-0.2, 0) is 27.1 Å². The first-order valence-corrected chi connectivity index (χ1v) is 8.00. The molecule has 0 amide bonds. The Balaban J connectivity index is 2.26. The Labute approximate surface area is 133 Å². The molecule has 2 N–H and O–H groups in total. The van der Waals surface area contributed by atoms with Crippen LogP contribution in [0, 0.1) is 0 Å². The molecule has 1 unspecified atom stereocenters. The van der Waals surface area contributed by atoms with Gasteiger partial charge in [-0.25, -0.2) is 13.9 Å². The number of hydrogen-bond donors (Lipinski definition) is 2. The second kappa shape index (κ2) is 6.25. The summed E-state index contributed by atoms with van der Waals surface area (Å²) in [6.45, 7) is 8.04. The van der Waals surface area contributed by atoms with E-state index < -0.39 is 29.6 Å². The first kappa shape index (κ1) is 17.4. The molecule has 1 aromatic rings. The first-order chi connectivity index (χ1) is 10.2. The molecule has 0 aromatic carbocycles. The zero-order valence-electron chi connectivity index (χ0n) is 13.4. The van der Waals surface area contributed by atoms with Crippen molar-refractivity contribution < 1.29 is 22.8 Å². The first-order valence-electron chi connectivity index (χ1n) is 6.89. The molecular formula is C13H21BN2O5S. The lowest BCUT2D eigenvalue weighted by atomic mass is 9.79. The molecule has 1 atom stereocenters. The van der Waals surface area contributed by atoms with Gasteiger partial charge in [0.05, 0.1) is 18.3 Å². The van der Waals surface area contributed by atoms with Gasteiger partial charge in [0.15, 0.2) is 0 Å². The molecule has 1 aromatic heterocycles. The van der Waals surface area contributed by atoms with E-state index in [9.17, 15) is 4.21 Å². The molecule has 7 nitrogen and oxygen atoms in total. The van der Waals surface area contributed by atoms with Gasteiger partial charge in [0.2, 0.25) is 17.1 Å². The number of methoxy groups -OCH3 is 1. The van der Waals surface area contributed by atoms with Crippen LogP contribution < -0.4 is 14.9 Å². The van der Waals surface area contributed by atoms with Crippen molar-refractivity contribution >= 4 is 23.8 Å². The molecule has 2 heterocycles. The van der Waals surface area contributed by atoms with Crippen LogP contribution >= 0.6 is 0 Å². The fourth-order valence-electron chi connectivity index (χ4n) is 2.07. The summed E-state index contributed by atoms with van der Waals surface area (Å²) in [5.74, 6) is 0.387. The molecule has 0 saturated carbocycles. The molecule has 1 aliphatic rings. The molecule has 0 spiro atoms. The minimum Gasteiger partial charge on any atom is -0.481 e. The van der Waals surface area contributed by atoms with E-state index in [1.807, 2.05) is 27.7 Å². The lowest BCUT2D eigenvalue weighted by molar-refractivity contribution is 0.00578. The second-order valence-corrected chi connectivity index (χ2v) is 6.88. The van der Waals surface area contributed by atoms with Crippen molar-refractivity contribution in [3.05, 3.63) is 17.8 Å². The quantitative estimate of drug-likeness (QED) is 0.608. The van der Waals surface area contributed by atoms with E-state index in [4.69, 9.17) is 18.6 Å². The van der Waals surface area contributed by atoms with E-state index in [-0.39, 0.29) is 6.54 Å². The second-order valence-electron chi connectivity index (χ2n) is 6.10. The molecule has 22 heavy (non-hydrogen) atoms. The number of nitrogens with one attached hydrogen (secondary N) is 1. The third-order valence-corrected chi connectivity index (χ3v) is 4.44. The lowest BCUT2D eigenvalue weighted by Gasteiger charge is -2.32. The summed E-state index contributed by atoms with van der Waals surface area (Å²) < 4.78 is 39.1. The monoisotopic (exact) mass is 328 g/mol. The number of hydrogen-bond acceptors (Lipinski definition) is 5. The van der Waals surface area contributed by atoms with Gasteiger partial charge in [0.1, 0.15) is 0 Å². The fourth-order valence-corrected chi connectivity index (χ4v) is 2.35. The van der Waals surface area contributed by atoms with Crippen LogP contribution in [0.5, 0.6) is 5.88 Å². The predicted molar refractivity (Wildman–Crippen MR) is 84.1 cm³/mol. The van der Waals surface area contributed by atoms with Gasteiger partial charge in [-0.05, 0) is 27.7 Å². The summed E-state index contributed by atoms with van der Waals surface area (Å²) in [6, 6.07) is 1.80. The summed E-state index contributed by atoms with van der Waals surface area (Å²) in [5.41, 5.74) is 0.502. The van der Waals surface area contributed by atoms with Crippen molar-refractivity contribution in [3.8, 4) is 5.88 Å². The highest BCUT2D eigenvalue weighted by atomic mass is 32.2. The summed E-state index contributed by atoms with van der Waals surface area (Å²) >= 11 is -2.11. The van der Waals surface area contributed by atoms with Crippen molar-refractivity contribution in [2.75, 3.05) is 7.11 Å². The van der Waals surface area contributed by atoms with Crippen molar-refractivity contribution in [1.82, 2.24) is 9.71 Å². The van der Waals surface area contributed by atoms with Crippen LogP contribution in [0.3, 0.4) is 0 Å². The smallest absolute Gasteiger partial charge is 0.481 e. The van der Waals surface area contributed by atoms with E-state index in [2.05, 4.69) is 9.71 Å². The number of aromatic nitrogens is 1. The van der Waals surface area contributed by atoms with Crippen molar-refractivity contribution in [3.63, 3.8) is 0 Å². The van der Waals surface area contributed by atoms with E-state index in [1.54, 1.807) is 12.3 Å². The van der Waals surface area contributed by atoms with Crippen LogP contribution in [0.4, 0.5) is 0 Å². The van der Waals surface area contributed by atoms with E-state index in [0.29, 0.717) is 11.4 Å². The van der Waals surface area contributed by atoms with Crippen LogP contribution in [0.1, 0.15) is 33.3 Å². The number of rotatable bonds is 5. The minimum atomic E-state index is -2.11. The normalized spacial score (nSPS) is 20.9. The van der Waals surface area contributed by atoms with E-state index in [0.717, 1.165) is 5.46 Å². The molecule has 1 saturated heterocycles. The average Bonchev–Trinajstić information content (AvgIpc) is 2.64. The lowest BCUT2D eigenvalue weighted by Crippen LogP contribution is -2.41. The van der Waals surface area contributed by atoms with Gasteiger partial charge in [-0.2, -0.15) is 0 Å². The van der Waals surface area contributed by atoms with Crippen LogP contribution in [0.25, 0.3) is 0 Å². The third-order valence-electron chi connectivity index (χ3n) is 4.05.